The van der Waals surface area contributed by atoms with Crippen LogP contribution in [0, 0.1) is 0 Å². The highest BCUT2D eigenvalue weighted by Crippen LogP contribution is 2.21. The molecule has 0 saturated carbocycles. The Morgan fingerprint density at radius 2 is 2.00 bits per heavy atom. The van der Waals surface area contributed by atoms with Gasteiger partial charge in [-0.1, -0.05) is 37.6 Å². The first-order chi connectivity index (χ1) is 11.9. The van der Waals surface area contributed by atoms with Gasteiger partial charge in [-0.05, 0) is 24.3 Å². The van der Waals surface area contributed by atoms with Crippen LogP contribution < -0.4 is 11.0 Å². The Kier molecular flexibility index (Phi) is 5.10. The third kappa shape index (κ3) is 4.02. The minimum Gasteiger partial charge on any atom is -0.323 e. The molecule has 0 spiro atoms. The number of benzene rings is 1. The first kappa shape index (κ1) is 17.5. The molecule has 9 heteroatoms. The van der Waals surface area contributed by atoms with Gasteiger partial charge in [0.05, 0.1) is 10.7 Å². The number of rotatable bonds is 5. The lowest BCUT2D eigenvalue weighted by molar-refractivity contribution is -0.117. The van der Waals surface area contributed by atoms with Gasteiger partial charge in [0.25, 0.3) is 0 Å². The Morgan fingerprint density at radius 3 is 2.72 bits per heavy atom. The summed E-state index contributed by atoms with van der Waals surface area (Å²) < 4.78 is 2.28. The minimum atomic E-state index is -0.462. The molecule has 0 aliphatic rings. The van der Waals surface area contributed by atoms with Crippen molar-refractivity contribution in [3.05, 3.63) is 51.9 Å². The van der Waals surface area contributed by atoms with Crippen molar-refractivity contribution >= 4 is 40.6 Å². The second-order valence-electron chi connectivity index (χ2n) is 5.58. The van der Waals surface area contributed by atoms with Crippen molar-refractivity contribution in [1.82, 2.24) is 19.4 Å². The van der Waals surface area contributed by atoms with Gasteiger partial charge >= 0.3 is 5.69 Å². The standard InChI is InChI=1S/C16H16ClN5O2S/c1-10(2)25-15-8-7-13-19-21(16(24)22(13)20-15)9-14(23)18-12-6-4-3-5-11(12)17/h3-8,10H,9H2,1-2H3,(H,18,23). The van der Waals surface area contributed by atoms with E-state index in [9.17, 15) is 9.59 Å². The molecule has 0 bridgehead atoms. The van der Waals surface area contributed by atoms with Crippen molar-refractivity contribution in [2.24, 2.45) is 0 Å². The smallest absolute Gasteiger partial charge is 0.323 e. The van der Waals surface area contributed by atoms with E-state index in [0.717, 1.165) is 9.71 Å². The van der Waals surface area contributed by atoms with Crippen LogP contribution in [0.4, 0.5) is 5.69 Å². The van der Waals surface area contributed by atoms with E-state index in [0.29, 0.717) is 21.6 Å². The predicted octanol–water partition coefficient (Wildman–Crippen LogP) is 2.68. The first-order valence-electron chi connectivity index (χ1n) is 7.62. The number of anilines is 1. The first-order valence-corrected chi connectivity index (χ1v) is 8.88. The molecule has 0 saturated heterocycles. The fourth-order valence-corrected chi connectivity index (χ4v) is 3.13. The van der Waals surface area contributed by atoms with Crippen molar-refractivity contribution < 1.29 is 4.79 Å². The third-order valence-electron chi connectivity index (χ3n) is 3.21. The van der Waals surface area contributed by atoms with Gasteiger partial charge in [-0.25, -0.2) is 9.48 Å². The molecular formula is C16H16ClN5O2S. The van der Waals surface area contributed by atoms with Crippen LogP contribution in [-0.4, -0.2) is 30.6 Å². The van der Waals surface area contributed by atoms with Crippen molar-refractivity contribution in [2.75, 3.05) is 5.32 Å². The molecule has 2 heterocycles. The molecule has 0 aliphatic carbocycles. The number of hydrogen-bond acceptors (Lipinski definition) is 5. The highest BCUT2D eigenvalue weighted by molar-refractivity contribution is 7.99. The summed E-state index contributed by atoms with van der Waals surface area (Å²) in [6.07, 6.45) is 0. The molecule has 0 unspecified atom stereocenters. The lowest BCUT2D eigenvalue weighted by Crippen LogP contribution is -2.29. The van der Waals surface area contributed by atoms with E-state index in [1.807, 2.05) is 13.8 Å². The third-order valence-corrected chi connectivity index (χ3v) is 4.47. The van der Waals surface area contributed by atoms with Crippen molar-refractivity contribution in [2.45, 2.75) is 30.7 Å². The number of nitrogens with zero attached hydrogens (tertiary/aromatic N) is 4. The van der Waals surface area contributed by atoms with Gasteiger partial charge < -0.3 is 5.32 Å². The molecule has 1 aromatic carbocycles. The molecule has 3 aromatic rings. The van der Waals surface area contributed by atoms with Gasteiger partial charge in [0.2, 0.25) is 5.91 Å². The number of thioether (sulfide) groups is 1. The molecule has 2 aromatic heterocycles. The topological polar surface area (TPSA) is 81.3 Å². The van der Waals surface area contributed by atoms with Crippen LogP contribution in [0.3, 0.4) is 0 Å². The second kappa shape index (κ2) is 7.28. The molecular weight excluding hydrogens is 362 g/mol. The summed E-state index contributed by atoms with van der Waals surface area (Å²) in [4.78, 5) is 24.6. The zero-order valence-electron chi connectivity index (χ0n) is 13.6. The number of halogens is 1. The average Bonchev–Trinajstić information content (AvgIpc) is 2.85. The molecule has 25 heavy (non-hydrogen) atoms. The maximum absolute atomic E-state index is 12.4. The van der Waals surface area contributed by atoms with Gasteiger partial charge in [-0.2, -0.15) is 9.61 Å². The van der Waals surface area contributed by atoms with E-state index in [2.05, 4.69) is 15.5 Å². The van der Waals surface area contributed by atoms with E-state index in [1.165, 1.54) is 4.52 Å². The van der Waals surface area contributed by atoms with E-state index < -0.39 is 11.6 Å². The SMILES string of the molecule is CC(C)Sc1ccc2nn(CC(=O)Nc3ccccc3Cl)c(=O)n2n1. The number of hydrogen-bond donors (Lipinski definition) is 1. The molecule has 1 N–H and O–H groups in total. The minimum absolute atomic E-state index is 0.222. The molecule has 0 fully saturated rings. The van der Waals surface area contributed by atoms with Crippen LogP contribution in [-0.2, 0) is 11.3 Å². The fraction of sp³-hybridized carbons (Fsp3) is 0.250. The maximum Gasteiger partial charge on any atom is 0.367 e. The van der Waals surface area contributed by atoms with Crippen LogP contribution in [0.2, 0.25) is 5.02 Å². The Labute approximate surface area is 153 Å². The average molecular weight is 378 g/mol. The Balaban J connectivity index is 1.82. The number of para-hydroxylation sites is 1. The zero-order chi connectivity index (χ0) is 18.0. The molecule has 1 amide bonds. The molecule has 0 radical (unpaired) electrons. The monoisotopic (exact) mass is 377 g/mol. The summed E-state index contributed by atoms with van der Waals surface area (Å²) in [6.45, 7) is 3.86. The Bertz CT molecular complexity index is 982. The van der Waals surface area contributed by atoms with Crippen molar-refractivity contribution in [1.29, 1.82) is 0 Å². The number of aromatic nitrogens is 4. The summed E-state index contributed by atoms with van der Waals surface area (Å²) >= 11 is 7.56. The van der Waals surface area contributed by atoms with Gasteiger partial charge in [-0.15, -0.1) is 16.9 Å². The zero-order valence-corrected chi connectivity index (χ0v) is 15.2. The molecule has 0 atom stereocenters. The highest BCUT2D eigenvalue weighted by atomic mass is 35.5. The molecule has 3 rings (SSSR count). The van der Waals surface area contributed by atoms with E-state index in [-0.39, 0.29) is 6.54 Å². The maximum atomic E-state index is 12.4. The number of carbonyl (C=O) groups is 1. The van der Waals surface area contributed by atoms with Crippen molar-refractivity contribution in [3.8, 4) is 0 Å². The summed E-state index contributed by atoms with van der Waals surface area (Å²) in [6, 6.07) is 10.4. The summed E-state index contributed by atoms with van der Waals surface area (Å²) in [5.74, 6) is -0.393. The quantitative estimate of drug-likeness (QED) is 0.691. The van der Waals surface area contributed by atoms with Gasteiger partial charge in [0.15, 0.2) is 5.65 Å². The Morgan fingerprint density at radius 1 is 1.24 bits per heavy atom. The lowest BCUT2D eigenvalue weighted by atomic mass is 10.3. The van der Waals surface area contributed by atoms with E-state index >= 15 is 0 Å². The van der Waals surface area contributed by atoms with Gasteiger partial charge in [-0.3, -0.25) is 4.79 Å². The van der Waals surface area contributed by atoms with Crippen LogP contribution in [0.1, 0.15) is 13.8 Å². The summed E-state index contributed by atoms with van der Waals surface area (Å²) in [5.41, 5.74) is 0.416. The van der Waals surface area contributed by atoms with Gasteiger partial charge in [0.1, 0.15) is 11.6 Å². The van der Waals surface area contributed by atoms with E-state index in [1.54, 1.807) is 48.2 Å². The Hall–Kier alpha value is -2.32. The number of fused-ring (bicyclic) bond motifs is 1. The van der Waals surface area contributed by atoms with Crippen LogP contribution in [0.25, 0.3) is 5.65 Å². The van der Waals surface area contributed by atoms with Crippen LogP contribution in [0.5, 0.6) is 0 Å². The highest BCUT2D eigenvalue weighted by Gasteiger charge is 2.13. The van der Waals surface area contributed by atoms with Gasteiger partial charge in [0, 0.05) is 5.25 Å². The molecule has 130 valence electrons. The van der Waals surface area contributed by atoms with E-state index in [4.69, 9.17) is 11.6 Å². The van der Waals surface area contributed by atoms with Crippen molar-refractivity contribution in [3.63, 3.8) is 0 Å². The number of nitrogens with one attached hydrogen (secondary N) is 1. The summed E-state index contributed by atoms with van der Waals surface area (Å²) in [5, 5.41) is 12.6. The fourth-order valence-electron chi connectivity index (χ4n) is 2.19. The normalized spacial score (nSPS) is 11.2. The number of amides is 1. The predicted molar refractivity (Wildman–Crippen MR) is 98.3 cm³/mol. The largest absolute Gasteiger partial charge is 0.367 e. The molecule has 0 aliphatic heterocycles. The molecule has 7 nitrogen and oxygen atoms in total. The van der Waals surface area contributed by atoms with Crippen LogP contribution in [0.15, 0.2) is 46.2 Å². The lowest BCUT2D eigenvalue weighted by Gasteiger charge is -2.06. The number of carbonyl (C=O) groups excluding carboxylic acids is 1. The second-order valence-corrected chi connectivity index (χ2v) is 7.58. The summed E-state index contributed by atoms with van der Waals surface area (Å²) in [7, 11) is 0. The van der Waals surface area contributed by atoms with Crippen LogP contribution >= 0.6 is 23.4 Å².